The van der Waals surface area contributed by atoms with Gasteiger partial charge in [-0.2, -0.15) is 0 Å². The zero-order chi connectivity index (χ0) is 58.3. The van der Waals surface area contributed by atoms with Crippen LogP contribution in [0.5, 0.6) is 0 Å². The van der Waals surface area contributed by atoms with Gasteiger partial charge < -0.3 is 33.8 Å². The Hall–Kier alpha value is -1.94. The molecule has 0 radical (unpaired) electrons. The molecule has 2 unspecified atom stereocenters. The third kappa shape index (κ3) is 55.0. The second-order valence-electron chi connectivity index (χ2n) is 21.7. The molecule has 0 aromatic carbocycles. The van der Waals surface area contributed by atoms with Crippen LogP contribution < -0.4 is 0 Å². The minimum atomic E-state index is -4.93. The first-order chi connectivity index (χ1) is 38.2. The lowest BCUT2D eigenvalue weighted by molar-refractivity contribution is -0.161. The van der Waals surface area contributed by atoms with E-state index in [1.165, 1.54) is 96.3 Å². The molecular weight excluding hydrogens is 1050 g/mol. The lowest BCUT2D eigenvalue weighted by Gasteiger charge is -2.21. The molecule has 0 saturated carbocycles. The maximum absolute atomic E-state index is 12.9. The molecular formula is C60H116O17P2. The first kappa shape index (κ1) is 77.1. The largest absolute Gasteiger partial charge is 0.472 e. The summed E-state index contributed by atoms with van der Waals surface area (Å²) in [6.45, 7) is 4.74. The fourth-order valence-electron chi connectivity index (χ4n) is 8.93. The molecule has 0 saturated heterocycles. The number of carbonyl (C=O) groups is 4. The fourth-order valence-corrected chi connectivity index (χ4v) is 10.5. The average molecular weight is 1170 g/mol. The van der Waals surface area contributed by atoms with Crippen LogP contribution in [0.2, 0.25) is 0 Å². The summed E-state index contributed by atoms with van der Waals surface area (Å²) in [5.41, 5.74) is 0. The molecule has 0 aromatic heterocycles. The lowest BCUT2D eigenvalue weighted by atomic mass is 10.0. The highest BCUT2D eigenvalue weighted by Crippen LogP contribution is 2.45. The Balaban J connectivity index is 5.07. The Bertz CT molecular complexity index is 1540. The summed E-state index contributed by atoms with van der Waals surface area (Å²) in [7, 11) is -9.86. The molecule has 79 heavy (non-hydrogen) atoms. The van der Waals surface area contributed by atoms with Crippen molar-refractivity contribution in [3.05, 3.63) is 0 Å². The maximum atomic E-state index is 12.9. The molecule has 468 valence electrons. The SMILES string of the molecule is CCCCCCCCCCCCCCCCCCCCC(=O)O[C@H](COC(=O)CCCCCCCCC)COP(=O)(O)OC[C@@H](O)COP(=O)(O)OC[C@@H](COC(=O)CCCCCCCCC)OC(=O)CCCCCCCCC. The van der Waals surface area contributed by atoms with Crippen molar-refractivity contribution in [2.45, 2.75) is 322 Å². The molecule has 0 aliphatic rings. The van der Waals surface area contributed by atoms with Crippen LogP contribution in [-0.2, 0) is 65.4 Å². The van der Waals surface area contributed by atoms with E-state index >= 15 is 0 Å². The molecule has 0 rings (SSSR count). The van der Waals surface area contributed by atoms with Crippen LogP contribution in [0.15, 0.2) is 0 Å². The van der Waals surface area contributed by atoms with Gasteiger partial charge in [-0.15, -0.1) is 0 Å². The second kappa shape index (κ2) is 55.3. The Kier molecular flexibility index (Phi) is 53.9. The molecule has 0 aliphatic carbocycles. The summed E-state index contributed by atoms with van der Waals surface area (Å²) < 4.78 is 67.5. The molecule has 0 fully saturated rings. The van der Waals surface area contributed by atoms with Crippen molar-refractivity contribution in [3.63, 3.8) is 0 Å². The van der Waals surface area contributed by atoms with Crippen molar-refractivity contribution < 1.29 is 80.2 Å². The quantitative estimate of drug-likeness (QED) is 0.0222. The second-order valence-corrected chi connectivity index (χ2v) is 24.6. The van der Waals surface area contributed by atoms with Crippen molar-refractivity contribution >= 4 is 39.5 Å². The van der Waals surface area contributed by atoms with Gasteiger partial charge in [0.2, 0.25) is 0 Å². The summed E-state index contributed by atoms with van der Waals surface area (Å²) in [5, 5.41) is 10.5. The van der Waals surface area contributed by atoms with Crippen molar-refractivity contribution in [3.8, 4) is 0 Å². The van der Waals surface area contributed by atoms with E-state index in [1.54, 1.807) is 0 Å². The zero-order valence-electron chi connectivity index (χ0n) is 50.3. The molecule has 5 atom stereocenters. The highest BCUT2D eigenvalue weighted by molar-refractivity contribution is 7.47. The van der Waals surface area contributed by atoms with Crippen LogP contribution in [0.4, 0.5) is 0 Å². The van der Waals surface area contributed by atoms with Gasteiger partial charge in [-0.1, -0.05) is 252 Å². The molecule has 3 N–H and O–H groups in total. The number of rotatable bonds is 61. The number of aliphatic hydroxyl groups is 1. The standard InChI is InChI=1S/C60H116O17P2/c1-5-9-13-17-21-22-23-24-25-26-27-28-29-30-31-35-39-43-47-60(65)77-56(51-71-58(63)45-41-37-33-19-15-11-7-3)53-75-79(68,69)73-49-54(61)48-72-78(66,67)74-52-55(76-59(64)46-42-38-34-20-16-12-8-4)50-70-57(62)44-40-36-32-18-14-10-6-2/h54-56,61H,5-53H2,1-4H3,(H,66,67)(H,68,69)/t54-,55+,56+/m0/s1. The lowest BCUT2D eigenvalue weighted by Crippen LogP contribution is -2.30. The zero-order valence-corrected chi connectivity index (χ0v) is 52.1. The van der Waals surface area contributed by atoms with Crippen molar-refractivity contribution in [2.75, 3.05) is 39.6 Å². The van der Waals surface area contributed by atoms with Gasteiger partial charge in [-0.25, -0.2) is 9.13 Å². The topological polar surface area (TPSA) is 237 Å². The first-order valence-electron chi connectivity index (χ1n) is 31.8. The number of esters is 4. The molecule has 0 aliphatic heterocycles. The minimum Gasteiger partial charge on any atom is -0.462 e. The van der Waals surface area contributed by atoms with Gasteiger partial charge in [0, 0.05) is 25.7 Å². The Labute approximate surface area is 479 Å². The van der Waals surface area contributed by atoms with Gasteiger partial charge in [-0.05, 0) is 25.7 Å². The van der Waals surface area contributed by atoms with Crippen LogP contribution in [0.3, 0.4) is 0 Å². The van der Waals surface area contributed by atoms with Gasteiger partial charge in [-0.3, -0.25) is 37.3 Å². The highest BCUT2D eigenvalue weighted by atomic mass is 31.2. The Morgan fingerprint density at radius 2 is 0.506 bits per heavy atom. The fraction of sp³-hybridized carbons (Fsp3) is 0.933. The highest BCUT2D eigenvalue weighted by Gasteiger charge is 2.30. The van der Waals surface area contributed by atoms with Crippen molar-refractivity contribution in [1.29, 1.82) is 0 Å². The average Bonchev–Trinajstić information content (AvgIpc) is 3.42. The Morgan fingerprint density at radius 1 is 0.304 bits per heavy atom. The summed E-state index contributed by atoms with van der Waals surface area (Å²) in [4.78, 5) is 71.6. The maximum Gasteiger partial charge on any atom is 0.472 e. The Morgan fingerprint density at radius 3 is 0.747 bits per heavy atom. The van der Waals surface area contributed by atoms with E-state index in [0.29, 0.717) is 25.7 Å². The van der Waals surface area contributed by atoms with E-state index in [-0.39, 0.29) is 25.7 Å². The van der Waals surface area contributed by atoms with Crippen LogP contribution >= 0.6 is 15.6 Å². The third-order valence-electron chi connectivity index (χ3n) is 13.9. The first-order valence-corrected chi connectivity index (χ1v) is 34.8. The number of unbranched alkanes of at least 4 members (excludes halogenated alkanes) is 35. The van der Waals surface area contributed by atoms with Crippen LogP contribution in [0.25, 0.3) is 0 Å². The van der Waals surface area contributed by atoms with Gasteiger partial charge in [0.25, 0.3) is 0 Å². The number of carbonyl (C=O) groups excluding carboxylic acids is 4. The van der Waals surface area contributed by atoms with Gasteiger partial charge in [0.1, 0.15) is 19.3 Å². The van der Waals surface area contributed by atoms with Crippen molar-refractivity contribution in [2.24, 2.45) is 0 Å². The number of ether oxygens (including phenoxy) is 4. The normalized spacial score (nSPS) is 14.3. The minimum absolute atomic E-state index is 0.104. The van der Waals surface area contributed by atoms with Crippen molar-refractivity contribution in [1.82, 2.24) is 0 Å². The number of phosphoric acid groups is 2. The molecule has 0 heterocycles. The molecule has 19 heteroatoms. The van der Waals surface area contributed by atoms with E-state index in [1.807, 2.05) is 0 Å². The van der Waals surface area contributed by atoms with Crippen LogP contribution in [0, 0.1) is 0 Å². The van der Waals surface area contributed by atoms with E-state index in [9.17, 15) is 43.2 Å². The third-order valence-corrected chi connectivity index (χ3v) is 15.8. The van der Waals surface area contributed by atoms with Gasteiger partial charge in [0.05, 0.1) is 26.4 Å². The van der Waals surface area contributed by atoms with Crippen LogP contribution in [-0.4, -0.2) is 96.7 Å². The molecule has 0 spiro atoms. The smallest absolute Gasteiger partial charge is 0.462 e. The summed E-state index contributed by atoms with van der Waals surface area (Å²) in [5.74, 6) is -2.15. The molecule has 0 aromatic rings. The number of hydrogen-bond acceptors (Lipinski definition) is 15. The summed E-state index contributed by atoms with van der Waals surface area (Å²) >= 11 is 0. The summed E-state index contributed by atoms with van der Waals surface area (Å²) in [6, 6.07) is 0. The molecule has 17 nitrogen and oxygen atoms in total. The van der Waals surface area contributed by atoms with Gasteiger partial charge in [0.15, 0.2) is 12.2 Å². The van der Waals surface area contributed by atoms with E-state index < -0.39 is 97.5 Å². The van der Waals surface area contributed by atoms with E-state index in [4.69, 9.17) is 37.0 Å². The number of aliphatic hydroxyl groups excluding tert-OH is 1. The molecule has 0 bridgehead atoms. The van der Waals surface area contributed by atoms with Gasteiger partial charge >= 0.3 is 39.5 Å². The predicted octanol–water partition coefficient (Wildman–Crippen LogP) is 16.4. The predicted molar refractivity (Wildman–Crippen MR) is 312 cm³/mol. The van der Waals surface area contributed by atoms with Crippen LogP contribution in [0.1, 0.15) is 304 Å². The van der Waals surface area contributed by atoms with E-state index in [0.717, 1.165) is 128 Å². The molecule has 0 amide bonds. The monoisotopic (exact) mass is 1170 g/mol. The van der Waals surface area contributed by atoms with E-state index in [2.05, 4.69) is 27.7 Å². The number of phosphoric ester groups is 2. The number of hydrogen-bond donors (Lipinski definition) is 3. The summed E-state index contributed by atoms with van der Waals surface area (Å²) in [6.07, 6.45) is 39.4.